The highest BCUT2D eigenvalue weighted by atomic mass is 16.3. The molecule has 0 fully saturated rings. The molecule has 0 aromatic carbocycles. The zero-order valence-electron chi connectivity index (χ0n) is 9.29. The summed E-state index contributed by atoms with van der Waals surface area (Å²) >= 11 is 0. The summed E-state index contributed by atoms with van der Waals surface area (Å²) in [4.78, 5) is 0. The second-order valence-corrected chi connectivity index (χ2v) is 4.43. The van der Waals surface area contributed by atoms with E-state index >= 15 is 0 Å². The van der Waals surface area contributed by atoms with Crippen LogP contribution in [0.5, 0.6) is 11.8 Å². The molecule has 0 saturated heterocycles. The summed E-state index contributed by atoms with van der Waals surface area (Å²) in [6, 6.07) is 0. The molecule has 1 aromatic heterocycles. The van der Waals surface area contributed by atoms with Crippen LogP contribution >= 0.6 is 0 Å². The normalized spacial score (nSPS) is 17.7. The highest BCUT2D eigenvalue weighted by Crippen LogP contribution is 2.35. The van der Waals surface area contributed by atoms with Gasteiger partial charge in [-0.05, 0) is 25.7 Å². The van der Waals surface area contributed by atoms with Crippen molar-refractivity contribution in [1.29, 1.82) is 0 Å². The van der Waals surface area contributed by atoms with E-state index in [1.165, 1.54) is 23.8 Å². The molecule has 0 amide bonds. The van der Waals surface area contributed by atoms with Crippen molar-refractivity contribution >= 4 is 0 Å². The van der Waals surface area contributed by atoms with Crippen LogP contribution in [0.1, 0.15) is 43.2 Å². The van der Waals surface area contributed by atoms with E-state index in [2.05, 4.69) is 0 Å². The van der Waals surface area contributed by atoms with Gasteiger partial charge in [-0.25, -0.2) is 0 Å². The van der Waals surface area contributed by atoms with Crippen LogP contribution in [0, 0.1) is 0 Å². The van der Waals surface area contributed by atoms with Crippen molar-refractivity contribution in [3.63, 3.8) is 0 Å². The van der Waals surface area contributed by atoms with Crippen LogP contribution in [0.4, 0.5) is 0 Å². The minimum Gasteiger partial charge on any atom is -0.494 e. The minimum absolute atomic E-state index is 0.254. The lowest BCUT2D eigenvalue weighted by Crippen LogP contribution is -1.89. The van der Waals surface area contributed by atoms with E-state index in [0.717, 1.165) is 36.8 Å². The summed E-state index contributed by atoms with van der Waals surface area (Å²) in [5, 5.41) is 19.8. The lowest BCUT2D eigenvalue weighted by atomic mass is 10.0. The Morgan fingerprint density at radius 1 is 0.800 bits per heavy atom. The number of nitrogens with zero attached hydrogens (tertiary/aromatic N) is 1. The van der Waals surface area contributed by atoms with Crippen molar-refractivity contribution in [3.05, 3.63) is 11.1 Å². The van der Waals surface area contributed by atoms with E-state index in [9.17, 15) is 10.2 Å². The van der Waals surface area contributed by atoms with E-state index in [4.69, 9.17) is 0 Å². The van der Waals surface area contributed by atoms with Gasteiger partial charge in [0.1, 0.15) is 0 Å². The van der Waals surface area contributed by atoms with E-state index in [-0.39, 0.29) is 11.8 Å². The molecule has 0 radical (unpaired) electrons. The third-order valence-corrected chi connectivity index (χ3v) is 3.39. The fourth-order valence-corrected chi connectivity index (χ4v) is 2.43. The average Bonchev–Trinajstić information content (AvgIpc) is 2.51. The third-order valence-electron chi connectivity index (χ3n) is 3.39. The lowest BCUT2D eigenvalue weighted by molar-refractivity contribution is 0.382. The summed E-state index contributed by atoms with van der Waals surface area (Å²) in [5.41, 5.74) is 1.94. The fourth-order valence-electron chi connectivity index (χ4n) is 2.43. The SMILES string of the molecule is Cn1c(O)c2c(c1O)CCCCCCC2. The zero-order valence-corrected chi connectivity index (χ0v) is 9.29. The number of rotatable bonds is 0. The summed E-state index contributed by atoms with van der Waals surface area (Å²) in [6.45, 7) is 0. The van der Waals surface area contributed by atoms with Gasteiger partial charge < -0.3 is 10.2 Å². The molecule has 1 aliphatic rings. The largest absolute Gasteiger partial charge is 0.494 e. The van der Waals surface area contributed by atoms with Gasteiger partial charge in [0.15, 0.2) is 11.8 Å². The van der Waals surface area contributed by atoms with Gasteiger partial charge in [0.25, 0.3) is 0 Å². The first-order valence-corrected chi connectivity index (χ1v) is 5.80. The van der Waals surface area contributed by atoms with E-state index in [0.29, 0.717) is 0 Å². The summed E-state index contributed by atoms with van der Waals surface area (Å²) in [7, 11) is 1.71. The van der Waals surface area contributed by atoms with Crippen molar-refractivity contribution in [3.8, 4) is 11.8 Å². The van der Waals surface area contributed by atoms with Crippen LogP contribution in [0.15, 0.2) is 0 Å². The first-order valence-electron chi connectivity index (χ1n) is 5.80. The molecule has 0 bridgehead atoms. The van der Waals surface area contributed by atoms with Crippen LogP contribution in [-0.2, 0) is 19.9 Å². The molecule has 1 aliphatic carbocycles. The van der Waals surface area contributed by atoms with Gasteiger partial charge in [-0.3, -0.25) is 4.57 Å². The zero-order chi connectivity index (χ0) is 10.8. The Kier molecular flexibility index (Phi) is 2.89. The van der Waals surface area contributed by atoms with Gasteiger partial charge in [0.2, 0.25) is 0 Å². The molecule has 1 aromatic rings. The maximum absolute atomic E-state index is 9.88. The van der Waals surface area contributed by atoms with Gasteiger partial charge in [-0.1, -0.05) is 19.3 Å². The smallest absolute Gasteiger partial charge is 0.197 e. The van der Waals surface area contributed by atoms with Crippen molar-refractivity contribution in [1.82, 2.24) is 4.57 Å². The predicted octanol–water partition coefficient (Wildman–Crippen LogP) is 2.49. The predicted molar refractivity (Wildman–Crippen MR) is 59.2 cm³/mol. The number of fused-ring (bicyclic) bond motifs is 1. The molecule has 1 heterocycles. The van der Waals surface area contributed by atoms with Crippen LogP contribution in [0.25, 0.3) is 0 Å². The van der Waals surface area contributed by atoms with Gasteiger partial charge in [-0.2, -0.15) is 0 Å². The third kappa shape index (κ3) is 1.83. The van der Waals surface area contributed by atoms with Gasteiger partial charge >= 0.3 is 0 Å². The maximum Gasteiger partial charge on any atom is 0.197 e. The van der Waals surface area contributed by atoms with Crippen molar-refractivity contribution in [2.24, 2.45) is 7.05 Å². The highest BCUT2D eigenvalue weighted by Gasteiger charge is 2.20. The van der Waals surface area contributed by atoms with Crippen molar-refractivity contribution < 1.29 is 10.2 Å². The van der Waals surface area contributed by atoms with E-state index in [1.54, 1.807) is 7.05 Å². The van der Waals surface area contributed by atoms with Crippen LogP contribution in [-0.4, -0.2) is 14.8 Å². The first-order chi connectivity index (χ1) is 7.22. The molecule has 3 heteroatoms. The fraction of sp³-hybridized carbons (Fsp3) is 0.667. The maximum atomic E-state index is 9.88. The highest BCUT2D eigenvalue weighted by molar-refractivity contribution is 5.45. The van der Waals surface area contributed by atoms with Gasteiger partial charge in [0.05, 0.1) is 0 Å². The summed E-state index contributed by atoms with van der Waals surface area (Å²) in [6.07, 6.45) is 7.76. The molecule has 0 unspecified atom stereocenters. The second kappa shape index (κ2) is 4.17. The molecule has 3 nitrogen and oxygen atoms in total. The van der Waals surface area contributed by atoms with Crippen LogP contribution in [0.2, 0.25) is 0 Å². The van der Waals surface area contributed by atoms with Crippen molar-refractivity contribution in [2.75, 3.05) is 0 Å². The lowest BCUT2D eigenvalue weighted by Gasteiger charge is -2.00. The molecule has 15 heavy (non-hydrogen) atoms. The molecule has 0 spiro atoms. The second-order valence-electron chi connectivity index (χ2n) is 4.43. The summed E-state index contributed by atoms with van der Waals surface area (Å²) in [5.74, 6) is 0.508. The molecular weight excluding hydrogens is 190 g/mol. The Balaban J connectivity index is 2.37. The van der Waals surface area contributed by atoms with E-state index in [1.807, 2.05) is 0 Å². The standard InChI is InChI=1S/C12H19NO2/c1-13-11(14)9-7-5-3-2-4-6-8-10(9)12(13)15/h14-15H,2-8H2,1H3. The van der Waals surface area contributed by atoms with E-state index < -0.39 is 0 Å². The van der Waals surface area contributed by atoms with Gasteiger partial charge in [0, 0.05) is 18.2 Å². The number of aromatic hydroxyl groups is 2. The molecule has 0 atom stereocenters. The average molecular weight is 209 g/mol. The quantitative estimate of drug-likeness (QED) is 0.689. The Morgan fingerprint density at radius 2 is 1.20 bits per heavy atom. The first kappa shape index (κ1) is 10.4. The molecule has 0 saturated carbocycles. The topological polar surface area (TPSA) is 45.4 Å². The Labute approximate surface area is 90.4 Å². The molecule has 84 valence electrons. The minimum atomic E-state index is 0.254. The molecule has 0 aliphatic heterocycles. The van der Waals surface area contributed by atoms with Crippen LogP contribution < -0.4 is 0 Å². The monoisotopic (exact) mass is 209 g/mol. The number of aromatic nitrogens is 1. The Hall–Kier alpha value is -1.12. The number of hydrogen-bond donors (Lipinski definition) is 2. The van der Waals surface area contributed by atoms with Crippen molar-refractivity contribution in [2.45, 2.75) is 44.9 Å². The van der Waals surface area contributed by atoms with Crippen LogP contribution in [0.3, 0.4) is 0 Å². The Morgan fingerprint density at radius 3 is 1.67 bits per heavy atom. The molecular formula is C12H19NO2. The summed E-state index contributed by atoms with van der Waals surface area (Å²) < 4.78 is 1.49. The Bertz CT molecular complexity index is 323. The number of hydrogen-bond acceptors (Lipinski definition) is 2. The molecule has 2 rings (SSSR count). The van der Waals surface area contributed by atoms with Gasteiger partial charge in [-0.15, -0.1) is 0 Å². The molecule has 2 N–H and O–H groups in total.